The number of benzene rings is 2. The third-order valence-corrected chi connectivity index (χ3v) is 5.05. The summed E-state index contributed by atoms with van der Waals surface area (Å²) in [6.45, 7) is 2.11. The lowest BCUT2D eigenvalue weighted by Gasteiger charge is -2.16. The SMILES string of the molecule is CN=C/C(=N\N)c1cncc(-c2ccc3ncnc(N[C@H](C)c4ccccc4)c3c2)c1. The Morgan fingerprint density at radius 2 is 1.87 bits per heavy atom. The molecule has 0 aliphatic rings. The summed E-state index contributed by atoms with van der Waals surface area (Å²) in [6, 6.07) is 18.4. The summed E-state index contributed by atoms with van der Waals surface area (Å²) in [5.74, 6) is 6.30. The van der Waals surface area contributed by atoms with Crippen LogP contribution in [-0.2, 0) is 0 Å². The molecule has 1 atom stereocenters. The van der Waals surface area contributed by atoms with Crippen molar-refractivity contribution in [2.45, 2.75) is 13.0 Å². The van der Waals surface area contributed by atoms with Crippen LogP contribution in [0.5, 0.6) is 0 Å². The summed E-state index contributed by atoms with van der Waals surface area (Å²) in [6.07, 6.45) is 6.72. The fourth-order valence-corrected chi connectivity index (χ4v) is 3.42. The molecule has 0 radical (unpaired) electrons. The second-order valence-electron chi connectivity index (χ2n) is 7.09. The maximum Gasteiger partial charge on any atom is 0.137 e. The second-order valence-corrected chi connectivity index (χ2v) is 7.09. The maximum absolute atomic E-state index is 5.51. The summed E-state index contributed by atoms with van der Waals surface area (Å²) < 4.78 is 0. The van der Waals surface area contributed by atoms with E-state index in [2.05, 4.69) is 55.5 Å². The summed E-state index contributed by atoms with van der Waals surface area (Å²) in [5.41, 5.74) is 5.36. The van der Waals surface area contributed by atoms with Crippen LogP contribution >= 0.6 is 0 Å². The number of aromatic nitrogens is 3. The minimum Gasteiger partial charge on any atom is -0.363 e. The van der Waals surface area contributed by atoms with Crippen LogP contribution in [0.3, 0.4) is 0 Å². The van der Waals surface area contributed by atoms with E-state index in [0.29, 0.717) is 5.71 Å². The first-order chi connectivity index (χ1) is 15.2. The topological polar surface area (TPSA) is 101 Å². The fraction of sp³-hybridized carbons (Fsp3) is 0.125. The van der Waals surface area contributed by atoms with Crippen LogP contribution in [-0.4, -0.2) is 33.9 Å². The summed E-state index contributed by atoms with van der Waals surface area (Å²) in [7, 11) is 1.68. The van der Waals surface area contributed by atoms with Crippen molar-refractivity contribution in [2.75, 3.05) is 12.4 Å². The quantitative estimate of drug-likeness (QED) is 0.282. The van der Waals surface area contributed by atoms with Gasteiger partial charge in [-0.1, -0.05) is 36.4 Å². The Bertz CT molecular complexity index is 1250. The minimum absolute atomic E-state index is 0.101. The zero-order chi connectivity index (χ0) is 21.6. The average Bonchev–Trinajstić information content (AvgIpc) is 2.83. The van der Waals surface area contributed by atoms with E-state index in [4.69, 9.17) is 5.84 Å². The van der Waals surface area contributed by atoms with Gasteiger partial charge in [0.2, 0.25) is 0 Å². The van der Waals surface area contributed by atoms with Crippen molar-refractivity contribution in [2.24, 2.45) is 15.9 Å². The lowest BCUT2D eigenvalue weighted by Crippen LogP contribution is -2.08. The Morgan fingerprint density at radius 3 is 2.65 bits per heavy atom. The van der Waals surface area contributed by atoms with Crippen molar-refractivity contribution < 1.29 is 0 Å². The van der Waals surface area contributed by atoms with Gasteiger partial charge in [0.1, 0.15) is 17.9 Å². The van der Waals surface area contributed by atoms with E-state index in [1.165, 1.54) is 5.56 Å². The standard InChI is InChI=1S/C24H23N7/c1-16(17-6-4-3-5-7-17)30-24-21-11-18(8-9-22(21)28-15-29-24)19-10-20(13-27-12-19)23(31-25)14-26-2/h3-16H,25H2,1-2H3,(H,28,29,30)/b26-14?,31-23+/t16-/m1/s1. The highest BCUT2D eigenvalue weighted by Gasteiger charge is 2.11. The Kier molecular flexibility index (Phi) is 5.93. The molecule has 7 nitrogen and oxygen atoms in total. The van der Waals surface area contributed by atoms with E-state index in [-0.39, 0.29) is 6.04 Å². The van der Waals surface area contributed by atoms with Crippen LogP contribution in [0, 0.1) is 0 Å². The Hall–Kier alpha value is -4.13. The van der Waals surface area contributed by atoms with Crippen LogP contribution in [0.15, 0.2) is 83.4 Å². The molecule has 2 aromatic carbocycles. The van der Waals surface area contributed by atoms with Gasteiger partial charge in [0, 0.05) is 48.2 Å². The van der Waals surface area contributed by atoms with E-state index in [1.807, 2.05) is 42.6 Å². The molecule has 31 heavy (non-hydrogen) atoms. The first-order valence-electron chi connectivity index (χ1n) is 9.91. The first kappa shape index (κ1) is 20.2. The number of hydrogen-bond donors (Lipinski definition) is 2. The van der Waals surface area contributed by atoms with Gasteiger partial charge in [-0.25, -0.2) is 9.97 Å². The van der Waals surface area contributed by atoms with Gasteiger partial charge >= 0.3 is 0 Å². The maximum atomic E-state index is 5.51. The van der Waals surface area contributed by atoms with Crippen LogP contribution in [0.25, 0.3) is 22.0 Å². The normalized spacial score (nSPS) is 12.9. The predicted molar refractivity (Wildman–Crippen MR) is 126 cm³/mol. The molecule has 3 N–H and O–H groups in total. The van der Waals surface area contributed by atoms with Gasteiger partial charge < -0.3 is 11.2 Å². The fourth-order valence-electron chi connectivity index (χ4n) is 3.42. The molecule has 4 rings (SSSR count). The van der Waals surface area contributed by atoms with Crippen molar-refractivity contribution in [3.05, 3.63) is 84.4 Å². The third kappa shape index (κ3) is 4.40. The predicted octanol–water partition coefficient (Wildman–Crippen LogP) is 4.23. The highest BCUT2D eigenvalue weighted by atomic mass is 15.1. The van der Waals surface area contributed by atoms with Gasteiger partial charge in [-0.2, -0.15) is 5.10 Å². The Balaban J connectivity index is 1.72. The molecule has 0 amide bonds. The average molecular weight is 409 g/mol. The Labute approximate surface area is 180 Å². The number of nitrogens with one attached hydrogen (secondary N) is 1. The molecule has 0 saturated carbocycles. The van der Waals surface area contributed by atoms with Gasteiger partial charge in [-0.05, 0) is 36.2 Å². The van der Waals surface area contributed by atoms with Crippen LogP contribution in [0.4, 0.5) is 5.82 Å². The molecule has 0 spiro atoms. The molecular weight excluding hydrogens is 386 g/mol. The molecule has 4 aromatic rings. The van der Waals surface area contributed by atoms with E-state index < -0.39 is 0 Å². The van der Waals surface area contributed by atoms with Crippen molar-refractivity contribution in [3.63, 3.8) is 0 Å². The van der Waals surface area contributed by atoms with E-state index in [9.17, 15) is 0 Å². The first-order valence-corrected chi connectivity index (χ1v) is 9.91. The summed E-state index contributed by atoms with van der Waals surface area (Å²) >= 11 is 0. The third-order valence-electron chi connectivity index (χ3n) is 5.05. The molecule has 7 heteroatoms. The molecule has 0 bridgehead atoms. The molecular formula is C24H23N7. The second kappa shape index (κ2) is 9.13. The number of nitrogens with two attached hydrogens (primary N) is 1. The summed E-state index contributed by atoms with van der Waals surface area (Å²) in [4.78, 5) is 17.3. The van der Waals surface area contributed by atoms with E-state index >= 15 is 0 Å². The van der Waals surface area contributed by atoms with Crippen molar-refractivity contribution in [3.8, 4) is 11.1 Å². The van der Waals surface area contributed by atoms with E-state index in [1.54, 1.807) is 25.8 Å². The number of fused-ring (bicyclic) bond motifs is 1. The summed E-state index contributed by atoms with van der Waals surface area (Å²) in [5, 5.41) is 8.26. The van der Waals surface area contributed by atoms with Crippen LogP contribution < -0.4 is 11.2 Å². The number of hydrogen-bond acceptors (Lipinski definition) is 7. The molecule has 0 aliphatic carbocycles. The highest BCUT2D eigenvalue weighted by Crippen LogP contribution is 2.29. The number of nitrogens with zero attached hydrogens (tertiary/aromatic N) is 5. The lowest BCUT2D eigenvalue weighted by molar-refractivity contribution is 0.876. The number of hydrazone groups is 1. The van der Waals surface area contributed by atoms with Gasteiger partial charge in [0.25, 0.3) is 0 Å². The van der Waals surface area contributed by atoms with Crippen LogP contribution in [0.1, 0.15) is 24.1 Å². The van der Waals surface area contributed by atoms with Gasteiger partial charge in [-0.3, -0.25) is 9.98 Å². The van der Waals surface area contributed by atoms with Crippen molar-refractivity contribution >= 4 is 28.6 Å². The molecule has 0 saturated heterocycles. The van der Waals surface area contributed by atoms with Crippen molar-refractivity contribution in [1.82, 2.24) is 15.0 Å². The molecule has 2 aromatic heterocycles. The van der Waals surface area contributed by atoms with Gasteiger partial charge in [0.15, 0.2) is 0 Å². The number of aliphatic imine (C=N–C) groups is 1. The number of anilines is 1. The minimum atomic E-state index is 0.101. The zero-order valence-electron chi connectivity index (χ0n) is 17.4. The molecule has 2 heterocycles. The largest absolute Gasteiger partial charge is 0.363 e. The highest BCUT2D eigenvalue weighted by molar-refractivity contribution is 6.38. The molecule has 0 unspecified atom stereocenters. The van der Waals surface area contributed by atoms with Crippen molar-refractivity contribution in [1.29, 1.82) is 0 Å². The monoisotopic (exact) mass is 409 g/mol. The smallest absolute Gasteiger partial charge is 0.137 e. The number of rotatable bonds is 6. The van der Waals surface area contributed by atoms with E-state index in [0.717, 1.165) is 33.4 Å². The molecule has 154 valence electrons. The van der Waals surface area contributed by atoms with Gasteiger partial charge in [-0.15, -0.1) is 0 Å². The number of pyridine rings is 1. The lowest BCUT2D eigenvalue weighted by atomic mass is 10.0. The zero-order valence-corrected chi connectivity index (χ0v) is 17.4. The van der Waals surface area contributed by atoms with Crippen LogP contribution in [0.2, 0.25) is 0 Å². The van der Waals surface area contributed by atoms with Gasteiger partial charge in [0.05, 0.1) is 5.52 Å². The molecule has 0 aliphatic heterocycles. The molecule has 0 fully saturated rings. The Morgan fingerprint density at radius 1 is 1.03 bits per heavy atom.